The molecule has 11 nitrogen and oxygen atoms in total. The number of likely N-dealkylation sites (N-methyl/N-ethyl adjacent to an activating group) is 1. The van der Waals surface area contributed by atoms with E-state index in [2.05, 4.69) is 10.4 Å². The van der Waals surface area contributed by atoms with Crippen molar-refractivity contribution in [2.24, 2.45) is 11.1 Å². The summed E-state index contributed by atoms with van der Waals surface area (Å²) in [6.45, 7) is 5.51. The Morgan fingerprint density at radius 2 is 1.84 bits per heavy atom. The SMILES string of the molecule is CC(=O)OC(CC(=O)OC1CCC(Nc2cc(-n3nc(C(F)F)c4c3CC(C)(C)CC4=O)ccc2C(N)=O)CC1)CN(C)C. The maximum absolute atomic E-state index is 13.9. The molecule has 0 aliphatic heterocycles. The molecule has 3 N–H and O–H groups in total. The summed E-state index contributed by atoms with van der Waals surface area (Å²) in [4.78, 5) is 51.0. The second-order valence-electron chi connectivity index (χ2n) is 12.8. The molecular formula is C31H41F2N5O6. The average Bonchev–Trinajstić information content (AvgIpc) is 3.28. The highest BCUT2D eigenvalue weighted by Crippen LogP contribution is 2.40. The molecule has 0 spiro atoms. The number of aromatic nitrogens is 2. The van der Waals surface area contributed by atoms with Crippen molar-refractivity contribution in [1.29, 1.82) is 0 Å². The van der Waals surface area contributed by atoms with Crippen LogP contribution in [-0.4, -0.2) is 77.2 Å². The van der Waals surface area contributed by atoms with Crippen molar-refractivity contribution < 1.29 is 37.4 Å². The first kappa shape index (κ1) is 33.0. The zero-order valence-electron chi connectivity index (χ0n) is 25.8. The molecule has 13 heteroatoms. The third-order valence-electron chi connectivity index (χ3n) is 7.92. The topological polar surface area (TPSA) is 146 Å². The van der Waals surface area contributed by atoms with Crippen LogP contribution in [0, 0.1) is 5.41 Å². The molecule has 0 bridgehead atoms. The molecule has 1 fully saturated rings. The van der Waals surface area contributed by atoms with Crippen LogP contribution in [0.2, 0.25) is 0 Å². The van der Waals surface area contributed by atoms with Crippen molar-refractivity contribution in [1.82, 2.24) is 14.7 Å². The Bertz CT molecular complexity index is 1410. The van der Waals surface area contributed by atoms with Gasteiger partial charge in [-0.1, -0.05) is 13.8 Å². The minimum atomic E-state index is -2.91. The van der Waals surface area contributed by atoms with Gasteiger partial charge in [-0.15, -0.1) is 0 Å². The molecule has 1 aromatic carbocycles. The highest BCUT2D eigenvalue weighted by molar-refractivity contribution is 6.00. The van der Waals surface area contributed by atoms with E-state index in [4.69, 9.17) is 15.2 Å². The van der Waals surface area contributed by atoms with Gasteiger partial charge >= 0.3 is 11.9 Å². The fourth-order valence-corrected chi connectivity index (χ4v) is 6.09. The number of hydrogen-bond acceptors (Lipinski definition) is 9. The van der Waals surface area contributed by atoms with Crippen molar-refractivity contribution in [3.8, 4) is 5.69 Å². The lowest BCUT2D eigenvalue weighted by Gasteiger charge is -2.31. The monoisotopic (exact) mass is 617 g/mol. The molecule has 1 aromatic heterocycles. The largest absolute Gasteiger partial charge is 0.462 e. The van der Waals surface area contributed by atoms with Gasteiger partial charge in [-0.2, -0.15) is 5.10 Å². The number of amides is 1. The molecule has 2 aromatic rings. The molecule has 0 saturated heterocycles. The summed E-state index contributed by atoms with van der Waals surface area (Å²) >= 11 is 0. The zero-order chi connectivity index (χ0) is 32.3. The van der Waals surface area contributed by atoms with Crippen LogP contribution in [0.4, 0.5) is 14.5 Å². The van der Waals surface area contributed by atoms with Crippen LogP contribution in [0.5, 0.6) is 0 Å². The predicted molar refractivity (Wildman–Crippen MR) is 158 cm³/mol. The number of nitrogens with zero attached hydrogens (tertiary/aromatic N) is 3. The number of benzene rings is 1. The number of esters is 2. The number of ether oxygens (including phenoxy) is 2. The molecule has 1 heterocycles. The second-order valence-corrected chi connectivity index (χ2v) is 12.8. The molecule has 240 valence electrons. The van der Waals surface area contributed by atoms with E-state index in [1.807, 2.05) is 32.8 Å². The number of primary amides is 1. The molecule has 0 radical (unpaired) electrons. The standard InChI is InChI=1S/C31H41F2N5O6/c1-17(39)43-21(16-37(4)5)13-26(41)44-20-9-6-18(7-10-20)35-23-12-19(8-11-22(23)30(34)42)38-24-14-31(2,3)15-25(40)27(24)28(36-38)29(32)33/h8,11-12,18,20-21,29,35H,6-7,9-10,13-16H2,1-5H3,(H2,34,42). The van der Waals surface area contributed by atoms with E-state index < -0.39 is 41.5 Å². The molecule has 1 unspecified atom stereocenters. The van der Waals surface area contributed by atoms with Crippen LogP contribution in [-0.2, 0) is 25.5 Å². The van der Waals surface area contributed by atoms with E-state index in [0.29, 0.717) is 55.7 Å². The first-order chi connectivity index (χ1) is 20.6. The number of carbonyl (C=O) groups is 4. The van der Waals surface area contributed by atoms with Crippen LogP contribution in [0.1, 0.15) is 97.8 Å². The number of anilines is 1. The summed E-state index contributed by atoms with van der Waals surface area (Å²) in [6, 6.07) is 4.66. The molecular weight excluding hydrogens is 576 g/mol. The number of nitrogens with two attached hydrogens (primary N) is 1. The third-order valence-corrected chi connectivity index (χ3v) is 7.92. The predicted octanol–water partition coefficient (Wildman–Crippen LogP) is 4.21. The maximum atomic E-state index is 13.9. The van der Waals surface area contributed by atoms with Crippen LogP contribution >= 0.6 is 0 Å². The summed E-state index contributed by atoms with van der Waals surface area (Å²) < 4.78 is 40.1. The minimum Gasteiger partial charge on any atom is -0.462 e. The highest BCUT2D eigenvalue weighted by Gasteiger charge is 2.39. The number of hydrogen-bond donors (Lipinski definition) is 2. The van der Waals surface area contributed by atoms with E-state index in [-0.39, 0.29) is 41.9 Å². The summed E-state index contributed by atoms with van der Waals surface area (Å²) in [5.74, 6) is -1.92. The van der Waals surface area contributed by atoms with E-state index >= 15 is 0 Å². The lowest BCUT2D eigenvalue weighted by molar-refractivity contribution is -0.158. The number of rotatable bonds is 11. The molecule has 1 amide bonds. The Balaban J connectivity index is 1.48. The lowest BCUT2D eigenvalue weighted by atomic mass is 9.75. The van der Waals surface area contributed by atoms with Gasteiger partial charge in [0.2, 0.25) is 0 Å². The molecule has 44 heavy (non-hydrogen) atoms. The zero-order valence-corrected chi connectivity index (χ0v) is 25.8. The van der Waals surface area contributed by atoms with Crippen molar-refractivity contribution in [3.05, 3.63) is 40.7 Å². The summed E-state index contributed by atoms with van der Waals surface area (Å²) in [6.07, 6.45) is -0.932. The van der Waals surface area contributed by atoms with Gasteiger partial charge in [-0.05, 0) is 69.8 Å². The van der Waals surface area contributed by atoms with E-state index in [9.17, 15) is 28.0 Å². The van der Waals surface area contributed by atoms with Gasteiger partial charge in [-0.25, -0.2) is 13.5 Å². The summed E-state index contributed by atoms with van der Waals surface area (Å²) in [5.41, 5.74) is 6.16. The van der Waals surface area contributed by atoms with Gasteiger partial charge in [0.1, 0.15) is 17.9 Å². The Morgan fingerprint density at radius 3 is 2.43 bits per heavy atom. The quantitative estimate of drug-likeness (QED) is 0.354. The van der Waals surface area contributed by atoms with Crippen molar-refractivity contribution in [2.45, 2.75) is 90.4 Å². The molecule has 1 atom stereocenters. The Hall–Kier alpha value is -3.87. The molecule has 4 rings (SSSR count). The first-order valence-electron chi connectivity index (χ1n) is 14.8. The Labute approximate surface area is 255 Å². The molecule has 1 saturated carbocycles. The summed E-state index contributed by atoms with van der Waals surface area (Å²) in [5, 5.41) is 7.52. The number of alkyl halides is 2. The number of carbonyl (C=O) groups excluding carboxylic acids is 4. The number of ketones is 1. The van der Waals surface area contributed by atoms with Crippen LogP contribution in [0.15, 0.2) is 18.2 Å². The fourth-order valence-electron chi connectivity index (χ4n) is 6.09. The van der Waals surface area contributed by atoms with Gasteiger partial charge in [0.05, 0.1) is 28.9 Å². The minimum absolute atomic E-state index is 0.0263. The van der Waals surface area contributed by atoms with Crippen LogP contribution < -0.4 is 11.1 Å². The van der Waals surface area contributed by atoms with Gasteiger partial charge in [-0.3, -0.25) is 19.2 Å². The van der Waals surface area contributed by atoms with Gasteiger partial charge < -0.3 is 25.4 Å². The first-order valence-corrected chi connectivity index (χ1v) is 14.8. The maximum Gasteiger partial charge on any atom is 0.309 e. The van der Waals surface area contributed by atoms with Gasteiger partial charge in [0.15, 0.2) is 5.78 Å². The number of fused-ring (bicyclic) bond motifs is 1. The Morgan fingerprint density at radius 1 is 1.16 bits per heavy atom. The van der Waals surface area contributed by atoms with Gasteiger partial charge in [0.25, 0.3) is 12.3 Å². The normalized spacial score (nSPS) is 20.2. The van der Waals surface area contributed by atoms with Crippen molar-refractivity contribution in [3.63, 3.8) is 0 Å². The smallest absolute Gasteiger partial charge is 0.309 e. The second kappa shape index (κ2) is 13.4. The average molecular weight is 618 g/mol. The van der Waals surface area contributed by atoms with E-state index in [1.165, 1.54) is 17.7 Å². The Kier molecular flexibility index (Phi) is 10.1. The number of Topliss-reactive ketones (excluding diaryl/α,β-unsaturated/α-hetero) is 1. The van der Waals surface area contributed by atoms with E-state index in [0.717, 1.165) is 0 Å². The van der Waals surface area contributed by atoms with Crippen molar-refractivity contribution in [2.75, 3.05) is 26.0 Å². The molecule has 2 aliphatic rings. The summed E-state index contributed by atoms with van der Waals surface area (Å²) in [7, 11) is 3.64. The lowest BCUT2D eigenvalue weighted by Crippen LogP contribution is -2.35. The molecule has 2 aliphatic carbocycles. The fraction of sp³-hybridized carbons (Fsp3) is 0.581. The van der Waals surface area contributed by atoms with Gasteiger partial charge in [0, 0.05) is 31.6 Å². The highest BCUT2D eigenvalue weighted by atomic mass is 19.3. The number of halogens is 2. The van der Waals surface area contributed by atoms with Crippen molar-refractivity contribution >= 4 is 29.3 Å². The van der Waals surface area contributed by atoms with Crippen LogP contribution in [0.25, 0.3) is 5.69 Å². The van der Waals surface area contributed by atoms with E-state index in [1.54, 1.807) is 12.1 Å². The number of nitrogens with one attached hydrogen (secondary N) is 1. The van der Waals surface area contributed by atoms with Crippen LogP contribution in [0.3, 0.4) is 0 Å². The third kappa shape index (κ3) is 7.99.